The Balaban J connectivity index is 1.24. The van der Waals surface area contributed by atoms with Gasteiger partial charge in [0.1, 0.15) is 0 Å². The summed E-state index contributed by atoms with van der Waals surface area (Å²) in [6.07, 6.45) is 3.37. The number of nitrogens with two attached hydrogens (primary N) is 1. The number of carbonyl (C=O) groups excluding carboxylic acids is 1. The number of aromatic nitrogens is 2. The zero-order valence-electron chi connectivity index (χ0n) is 15.9. The van der Waals surface area contributed by atoms with Gasteiger partial charge in [-0.25, -0.2) is 4.98 Å². The van der Waals surface area contributed by atoms with E-state index in [1.807, 2.05) is 4.90 Å². The van der Waals surface area contributed by atoms with Gasteiger partial charge in [-0.1, -0.05) is 24.3 Å². The van der Waals surface area contributed by atoms with Gasteiger partial charge in [0, 0.05) is 37.2 Å². The predicted molar refractivity (Wildman–Crippen MR) is 106 cm³/mol. The first kappa shape index (κ1) is 17.4. The molecule has 146 valence electrons. The van der Waals surface area contributed by atoms with Crippen LogP contribution in [0.2, 0.25) is 0 Å². The molecule has 1 aromatic carbocycles. The second-order valence-corrected chi connectivity index (χ2v) is 8.35. The minimum absolute atomic E-state index is 0.0988. The Bertz CT molecular complexity index is 966. The molecule has 2 aromatic rings. The number of carbonyl (C=O) groups is 1. The van der Waals surface area contributed by atoms with E-state index in [-0.39, 0.29) is 22.8 Å². The Morgan fingerprint density at radius 2 is 1.82 bits per heavy atom. The molecule has 7 heteroatoms. The van der Waals surface area contributed by atoms with Gasteiger partial charge in [-0.2, -0.15) is 0 Å². The van der Waals surface area contributed by atoms with Gasteiger partial charge in [-0.15, -0.1) is 0 Å². The van der Waals surface area contributed by atoms with Crippen molar-refractivity contribution in [1.29, 1.82) is 0 Å². The lowest BCUT2D eigenvalue weighted by Crippen LogP contribution is -2.47. The van der Waals surface area contributed by atoms with Crippen LogP contribution in [0.3, 0.4) is 0 Å². The Hall–Kier alpha value is -2.67. The summed E-state index contributed by atoms with van der Waals surface area (Å²) in [5, 5.41) is 0. The first-order valence-corrected chi connectivity index (χ1v) is 10.0. The number of H-pyrrole nitrogens is 1. The zero-order valence-corrected chi connectivity index (χ0v) is 15.9. The van der Waals surface area contributed by atoms with Gasteiger partial charge in [-0.05, 0) is 36.8 Å². The number of nitrogens with zero attached hydrogens (tertiary/aromatic N) is 3. The van der Waals surface area contributed by atoms with Crippen LogP contribution >= 0.6 is 0 Å². The third kappa shape index (κ3) is 2.81. The first-order valence-electron chi connectivity index (χ1n) is 10.0. The summed E-state index contributed by atoms with van der Waals surface area (Å²) in [7, 11) is 0. The van der Waals surface area contributed by atoms with E-state index in [0.29, 0.717) is 19.6 Å². The highest BCUT2D eigenvalue weighted by Gasteiger charge is 2.44. The van der Waals surface area contributed by atoms with E-state index in [9.17, 15) is 9.59 Å². The van der Waals surface area contributed by atoms with Crippen LogP contribution in [0.15, 0.2) is 29.1 Å². The number of nitrogen functional groups attached to an aromatic ring is 1. The summed E-state index contributed by atoms with van der Waals surface area (Å²) < 4.78 is 0. The van der Waals surface area contributed by atoms with Crippen molar-refractivity contribution in [2.24, 2.45) is 0 Å². The number of piperidine rings is 1. The monoisotopic (exact) mass is 379 g/mol. The fourth-order valence-corrected chi connectivity index (χ4v) is 5.15. The molecule has 5 rings (SSSR count). The highest BCUT2D eigenvalue weighted by molar-refractivity contribution is 5.78. The van der Waals surface area contributed by atoms with Crippen molar-refractivity contribution in [3.05, 3.63) is 57.0 Å². The number of nitrogens with one attached hydrogen (secondary N) is 1. The fraction of sp³-hybridized carbons (Fsp3) is 0.476. The van der Waals surface area contributed by atoms with E-state index in [1.165, 1.54) is 11.1 Å². The van der Waals surface area contributed by atoms with Gasteiger partial charge in [0.05, 0.1) is 12.2 Å². The summed E-state index contributed by atoms with van der Waals surface area (Å²) in [5.41, 5.74) is 9.88. The van der Waals surface area contributed by atoms with Gasteiger partial charge in [0.2, 0.25) is 11.9 Å². The van der Waals surface area contributed by atoms with Gasteiger partial charge < -0.3 is 10.6 Å². The lowest BCUT2D eigenvalue weighted by atomic mass is 9.76. The van der Waals surface area contributed by atoms with Crippen molar-refractivity contribution >= 4 is 11.9 Å². The van der Waals surface area contributed by atoms with Crippen molar-refractivity contribution in [3.8, 4) is 0 Å². The molecule has 3 N–H and O–H groups in total. The number of fused-ring (bicyclic) bond motifs is 3. The highest BCUT2D eigenvalue weighted by atomic mass is 16.2. The number of rotatable bonds is 2. The van der Waals surface area contributed by atoms with Crippen LogP contribution in [0.1, 0.15) is 41.6 Å². The van der Waals surface area contributed by atoms with E-state index < -0.39 is 0 Å². The molecule has 0 unspecified atom stereocenters. The number of amides is 1. The average Bonchev–Trinajstić information content (AvgIpc) is 3.24. The first-order chi connectivity index (χ1) is 13.5. The van der Waals surface area contributed by atoms with Crippen molar-refractivity contribution < 1.29 is 4.79 Å². The van der Waals surface area contributed by atoms with E-state index in [2.05, 4.69) is 39.1 Å². The summed E-state index contributed by atoms with van der Waals surface area (Å²) in [6, 6.07) is 8.39. The average molecular weight is 379 g/mol. The SMILES string of the molecule is Nc1nc2c(c(=O)[nH]1)CCC21CCN(C(=O)CN2Cc3ccccc3C2)CC1. The van der Waals surface area contributed by atoms with Crippen LogP contribution in [0, 0.1) is 0 Å². The number of benzene rings is 1. The van der Waals surface area contributed by atoms with Crippen LogP contribution in [0.4, 0.5) is 5.95 Å². The van der Waals surface area contributed by atoms with E-state index in [1.54, 1.807) is 0 Å². The third-order valence-corrected chi connectivity index (χ3v) is 6.73. The minimum Gasteiger partial charge on any atom is -0.369 e. The second kappa shape index (κ2) is 6.44. The molecule has 3 heterocycles. The third-order valence-electron chi connectivity index (χ3n) is 6.73. The van der Waals surface area contributed by atoms with Crippen molar-refractivity contribution in [3.63, 3.8) is 0 Å². The van der Waals surface area contributed by atoms with Crippen LogP contribution in [-0.2, 0) is 29.7 Å². The van der Waals surface area contributed by atoms with E-state index in [0.717, 1.165) is 50.0 Å². The van der Waals surface area contributed by atoms with Crippen LogP contribution in [0.25, 0.3) is 0 Å². The molecule has 0 saturated carbocycles. The summed E-state index contributed by atoms with van der Waals surface area (Å²) in [5.74, 6) is 0.386. The molecule has 2 aliphatic heterocycles. The minimum atomic E-state index is -0.105. The fourth-order valence-electron chi connectivity index (χ4n) is 5.15. The molecule has 1 spiro atoms. The molecular weight excluding hydrogens is 354 g/mol. The normalized spacial score (nSPS) is 20.4. The molecule has 1 aliphatic carbocycles. The quantitative estimate of drug-likeness (QED) is 0.817. The lowest BCUT2D eigenvalue weighted by Gasteiger charge is -2.39. The standard InChI is InChI=1S/C21H25N5O2/c22-20-23-18-16(19(28)24-20)5-6-21(18)7-9-26(10-8-21)17(27)13-25-11-14-3-1-2-4-15(14)12-25/h1-4H,5-13H2,(H3,22,23,24,28). The summed E-state index contributed by atoms with van der Waals surface area (Å²) >= 11 is 0. The number of likely N-dealkylation sites (tertiary alicyclic amines) is 1. The summed E-state index contributed by atoms with van der Waals surface area (Å²) in [6.45, 7) is 3.59. The lowest BCUT2D eigenvalue weighted by molar-refractivity contribution is -0.134. The number of hydrogen-bond donors (Lipinski definition) is 2. The highest BCUT2D eigenvalue weighted by Crippen LogP contribution is 2.44. The molecule has 1 saturated heterocycles. The molecule has 1 amide bonds. The second-order valence-electron chi connectivity index (χ2n) is 8.35. The molecular formula is C21H25N5O2. The summed E-state index contributed by atoms with van der Waals surface area (Å²) in [4.78, 5) is 36.3. The van der Waals surface area contributed by atoms with Gasteiger partial charge in [-0.3, -0.25) is 19.5 Å². The largest absolute Gasteiger partial charge is 0.369 e. The predicted octanol–water partition coefficient (Wildman–Crippen LogP) is 1.17. The maximum Gasteiger partial charge on any atom is 0.255 e. The Morgan fingerprint density at radius 1 is 1.14 bits per heavy atom. The number of aromatic amines is 1. The van der Waals surface area contributed by atoms with Gasteiger partial charge in [0.25, 0.3) is 5.56 Å². The topological polar surface area (TPSA) is 95.3 Å². The smallest absolute Gasteiger partial charge is 0.255 e. The van der Waals surface area contributed by atoms with Crippen molar-refractivity contribution in [2.75, 3.05) is 25.4 Å². The Kier molecular flexibility index (Phi) is 4.01. The Morgan fingerprint density at radius 3 is 2.50 bits per heavy atom. The van der Waals surface area contributed by atoms with Crippen molar-refractivity contribution in [2.45, 2.75) is 44.2 Å². The molecule has 7 nitrogen and oxygen atoms in total. The van der Waals surface area contributed by atoms with Crippen LogP contribution in [0.5, 0.6) is 0 Å². The number of hydrogen-bond acceptors (Lipinski definition) is 5. The van der Waals surface area contributed by atoms with Gasteiger partial charge in [0.15, 0.2) is 0 Å². The molecule has 3 aliphatic rings. The zero-order chi connectivity index (χ0) is 19.3. The van der Waals surface area contributed by atoms with Gasteiger partial charge >= 0.3 is 0 Å². The maximum atomic E-state index is 12.9. The van der Waals surface area contributed by atoms with Crippen LogP contribution in [-0.4, -0.2) is 45.3 Å². The molecule has 0 atom stereocenters. The van der Waals surface area contributed by atoms with E-state index >= 15 is 0 Å². The maximum absolute atomic E-state index is 12.9. The molecule has 28 heavy (non-hydrogen) atoms. The van der Waals surface area contributed by atoms with Crippen LogP contribution < -0.4 is 11.3 Å². The Labute approximate surface area is 163 Å². The van der Waals surface area contributed by atoms with Crippen molar-refractivity contribution in [1.82, 2.24) is 19.8 Å². The molecule has 0 bridgehead atoms. The molecule has 1 aromatic heterocycles. The van der Waals surface area contributed by atoms with E-state index in [4.69, 9.17) is 5.73 Å². The molecule has 1 fully saturated rings. The molecule has 0 radical (unpaired) electrons. The number of anilines is 1.